The Morgan fingerprint density at radius 1 is 1.41 bits per heavy atom. The molecule has 0 saturated heterocycles. The molecular weight excluding hydrogens is 308 g/mol. The Morgan fingerprint density at radius 2 is 2.00 bits per heavy atom. The number of benzene rings is 1. The first kappa shape index (κ1) is 14.0. The predicted molar refractivity (Wildman–Crippen MR) is 69.3 cm³/mol. The number of carbonyl (C=O) groups excluding carboxylic acids is 1. The third-order valence-electron chi connectivity index (χ3n) is 2.12. The van der Waals surface area contributed by atoms with Crippen LogP contribution in [0.15, 0.2) is 27.6 Å². The average molecular weight is 321 g/mol. The number of carbonyl (C=O) groups is 1. The van der Waals surface area contributed by atoms with Crippen LogP contribution in [0.25, 0.3) is 0 Å². The quantitative estimate of drug-likeness (QED) is 0.839. The summed E-state index contributed by atoms with van der Waals surface area (Å²) < 4.78 is 24.5. The number of amides is 1. The molecule has 0 heterocycles. The zero-order valence-corrected chi connectivity index (χ0v) is 11.9. The van der Waals surface area contributed by atoms with E-state index in [1.165, 1.54) is 31.1 Å². The van der Waals surface area contributed by atoms with Crippen LogP contribution in [0.1, 0.15) is 0 Å². The van der Waals surface area contributed by atoms with Crippen molar-refractivity contribution in [1.82, 2.24) is 4.90 Å². The molecule has 94 valence electrons. The number of rotatable bonds is 3. The molecule has 2 N–H and O–H groups in total. The van der Waals surface area contributed by atoms with Gasteiger partial charge in [0.25, 0.3) is 0 Å². The summed E-state index contributed by atoms with van der Waals surface area (Å²) in [7, 11) is -0.700. The lowest BCUT2D eigenvalue weighted by molar-refractivity contribution is -0.125. The van der Waals surface area contributed by atoms with Crippen molar-refractivity contribution in [3.63, 3.8) is 0 Å². The number of hydrogen-bond acceptors (Lipinski definition) is 4. The van der Waals surface area contributed by atoms with E-state index in [2.05, 4.69) is 15.9 Å². The maximum atomic E-state index is 12.0. The van der Waals surface area contributed by atoms with Crippen molar-refractivity contribution in [2.24, 2.45) is 0 Å². The van der Waals surface area contributed by atoms with Gasteiger partial charge < -0.3 is 10.6 Å². The van der Waals surface area contributed by atoms with Gasteiger partial charge in [-0.05, 0) is 18.2 Å². The molecule has 0 atom stereocenters. The maximum absolute atomic E-state index is 12.0. The molecule has 1 rings (SSSR count). The number of nitrogens with zero attached hydrogens (tertiary/aromatic N) is 1. The highest BCUT2D eigenvalue weighted by Crippen LogP contribution is 2.24. The molecule has 0 aliphatic heterocycles. The Kier molecular flexibility index (Phi) is 4.16. The third kappa shape index (κ3) is 3.44. The second-order valence-corrected chi connectivity index (χ2v) is 6.60. The normalized spacial score (nSPS) is 11.2. The van der Waals surface area contributed by atoms with Crippen LogP contribution in [0.3, 0.4) is 0 Å². The lowest BCUT2D eigenvalue weighted by atomic mass is 10.3. The van der Waals surface area contributed by atoms with E-state index in [0.717, 1.165) is 0 Å². The monoisotopic (exact) mass is 320 g/mol. The predicted octanol–water partition coefficient (Wildman–Crippen LogP) is 0.893. The Labute approximate surface area is 109 Å². The molecule has 0 aromatic heterocycles. The molecule has 0 aliphatic carbocycles. The summed E-state index contributed by atoms with van der Waals surface area (Å²) in [6.07, 6.45) is 0. The smallest absolute Gasteiger partial charge is 0.237 e. The van der Waals surface area contributed by atoms with Crippen LogP contribution in [0.5, 0.6) is 0 Å². The van der Waals surface area contributed by atoms with Crippen LogP contribution in [0.2, 0.25) is 0 Å². The van der Waals surface area contributed by atoms with E-state index in [4.69, 9.17) is 5.73 Å². The molecule has 0 radical (unpaired) electrons. The van der Waals surface area contributed by atoms with Crippen molar-refractivity contribution in [3.05, 3.63) is 22.7 Å². The molecular formula is C10H13BrN2O3S. The Hall–Kier alpha value is -1.08. The zero-order valence-electron chi connectivity index (χ0n) is 9.47. The molecule has 1 aromatic rings. The van der Waals surface area contributed by atoms with Gasteiger partial charge >= 0.3 is 0 Å². The number of anilines is 1. The molecule has 1 aromatic carbocycles. The SMILES string of the molecule is CN(C)C(=O)CS(=O)(=O)c1cc(Br)ccc1N. The largest absolute Gasteiger partial charge is 0.398 e. The van der Waals surface area contributed by atoms with Crippen molar-refractivity contribution in [2.75, 3.05) is 25.6 Å². The first-order chi connectivity index (χ1) is 7.74. The van der Waals surface area contributed by atoms with Gasteiger partial charge in [0.05, 0.1) is 10.6 Å². The minimum atomic E-state index is -3.70. The highest BCUT2D eigenvalue weighted by molar-refractivity contribution is 9.10. The van der Waals surface area contributed by atoms with Crippen molar-refractivity contribution in [3.8, 4) is 0 Å². The van der Waals surface area contributed by atoms with Crippen LogP contribution in [0.4, 0.5) is 5.69 Å². The zero-order chi connectivity index (χ0) is 13.2. The molecule has 0 bridgehead atoms. The van der Waals surface area contributed by atoms with E-state index in [1.54, 1.807) is 6.07 Å². The van der Waals surface area contributed by atoms with Gasteiger partial charge in [-0.1, -0.05) is 15.9 Å². The van der Waals surface area contributed by atoms with Gasteiger partial charge in [0.15, 0.2) is 9.84 Å². The average Bonchev–Trinajstić information content (AvgIpc) is 2.20. The molecule has 1 amide bonds. The summed E-state index contributed by atoms with van der Waals surface area (Å²) in [5.74, 6) is -1.06. The second kappa shape index (κ2) is 5.05. The lowest BCUT2D eigenvalue weighted by Gasteiger charge is -2.12. The van der Waals surface area contributed by atoms with Crippen LogP contribution in [-0.2, 0) is 14.6 Å². The Bertz CT molecular complexity index is 540. The molecule has 0 aliphatic rings. The summed E-state index contributed by atoms with van der Waals surface area (Å²) in [4.78, 5) is 12.6. The van der Waals surface area contributed by atoms with E-state index >= 15 is 0 Å². The van der Waals surface area contributed by atoms with E-state index in [-0.39, 0.29) is 10.6 Å². The number of nitrogens with two attached hydrogens (primary N) is 1. The highest BCUT2D eigenvalue weighted by atomic mass is 79.9. The fraction of sp³-hybridized carbons (Fsp3) is 0.300. The van der Waals surface area contributed by atoms with Gasteiger partial charge in [-0.2, -0.15) is 0 Å². The summed E-state index contributed by atoms with van der Waals surface area (Å²) >= 11 is 3.17. The standard InChI is InChI=1S/C10H13BrN2O3S/c1-13(2)10(14)6-17(15,16)9-5-7(11)3-4-8(9)12/h3-5H,6,12H2,1-2H3. The van der Waals surface area contributed by atoms with E-state index in [9.17, 15) is 13.2 Å². The molecule has 17 heavy (non-hydrogen) atoms. The van der Waals surface area contributed by atoms with Crippen molar-refractivity contribution in [1.29, 1.82) is 0 Å². The van der Waals surface area contributed by atoms with Crippen LogP contribution in [-0.4, -0.2) is 39.1 Å². The summed E-state index contributed by atoms with van der Waals surface area (Å²) in [6, 6.07) is 4.52. The van der Waals surface area contributed by atoms with Crippen LogP contribution < -0.4 is 5.73 Å². The first-order valence-corrected chi connectivity index (χ1v) is 7.16. The van der Waals surface area contributed by atoms with Gasteiger partial charge in [0.1, 0.15) is 5.75 Å². The van der Waals surface area contributed by atoms with Crippen molar-refractivity contribution < 1.29 is 13.2 Å². The molecule has 0 fully saturated rings. The first-order valence-electron chi connectivity index (χ1n) is 4.72. The Balaban J connectivity index is 3.14. The highest BCUT2D eigenvalue weighted by Gasteiger charge is 2.22. The number of nitrogen functional groups attached to an aromatic ring is 1. The van der Waals surface area contributed by atoms with Crippen molar-refractivity contribution >= 4 is 37.4 Å². The Morgan fingerprint density at radius 3 is 2.53 bits per heavy atom. The summed E-state index contributed by atoms with van der Waals surface area (Å²) in [5.41, 5.74) is 5.74. The summed E-state index contributed by atoms with van der Waals surface area (Å²) in [5, 5.41) is 0. The minimum absolute atomic E-state index is 0.0259. The van der Waals surface area contributed by atoms with Crippen LogP contribution in [0, 0.1) is 0 Å². The molecule has 5 nitrogen and oxygen atoms in total. The molecule has 7 heteroatoms. The van der Waals surface area contributed by atoms with Gasteiger partial charge in [-0.25, -0.2) is 8.42 Å². The molecule has 0 saturated carbocycles. The van der Waals surface area contributed by atoms with Gasteiger partial charge in [-0.3, -0.25) is 4.79 Å². The molecule has 0 spiro atoms. The van der Waals surface area contributed by atoms with Gasteiger partial charge in [-0.15, -0.1) is 0 Å². The fourth-order valence-corrected chi connectivity index (χ4v) is 3.13. The summed E-state index contributed by atoms with van der Waals surface area (Å²) in [6.45, 7) is 0. The van der Waals surface area contributed by atoms with E-state index in [0.29, 0.717) is 4.47 Å². The lowest BCUT2D eigenvalue weighted by Crippen LogP contribution is -2.29. The molecule has 0 unspecified atom stereocenters. The van der Waals surface area contributed by atoms with E-state index < -0.39 is 21.5 Å². The number of halogens is 1. The number of sulfone groups is 1. The van der Waals surface area contributed by atoms with Crippen LogP contribution >= 0.6 is 15.9 Å². The van der Waals surface area contributed by atoms with Gasteiger partial charge in [0.2, 0.25) is 5.91 Å². The van der Waals surface area contributed by atoms with Crippen molar-refractivity contribution in [2.45, 2.75) is 4.90 Å². The minimum Gasteiger partial charge on any atom is -0.398 e. The third-order valence-corrected chi connectivity index (χ3v) is 4.27. The van der Waals surface area contributed by atoms with E-state index in [1.807, 2.05) is 0 Å². The second-order valence-electron chi connectivity index (χ2n) is 3.73. The topological polar surface area (TPSA) is 80.5 Å². The van der Waals surface area contributed by atoms with Gasteiger partial charge in [0, 0.05) is 18.6 Å². The fourth-order valence-electron chi connectivity index (χ4n) is 1.15. The number of hydrogen-bond donors (Lipinski definition) is 1. The maximum Gasteiger partial charge on any atom is 0.237 e.